The largest absolute Gasteiger partial charge is 0.389 e. The van der Waals surface area contributed by atoms with Crippen LogP contribution >= 0.6 is 0 Å². The van der Waals surface area contributed by atoms with Gasteiger partial charge in [-0.05, 0) is 12.8 Å². The molecule has 0 aromatic carbocycles. The van der Waals surface area contributed by atoms with Crippen molar-refractivity contribution in [2.24, 2.45) is 0 Å². The van der Waals surface area contributed by atoms with Gasteiger partial charge in [-0.15, -0.1) is 0 Å². The van der Waals surface area contributed by atoms with Crippen LogP contribution in [-0.2, 0) is 9.47 Å². The second-order valence-electron chi connectivity index (χ2n) is 3.83. The van der Waals surface area contributed by atoms with E-state index in [0.29, 0.717) is 19.2 Å². The predicted octanol–water partition coefficient (Wildman–Crippen LogP) is 0.104. The van der Waals surface area contributed by atoms with E-state index < -0.39 is 0 Å². The van der Waals surface area contributed by atoms with Crippen molar-refractivity contribution >= 4 is 0 Å². The maximum absolute atomic E-state index is 9.59. The number of methoxy groups -OCH3 is 2. The summed E-state index contributed by atoms with van der Waals surface area (Å²) in [7, 11) is 3.32. The molecule has 1 aliphatic rings. The van der Waals surface area contributed by atoms with Gasteiger partial charge in [-0.1, -0.05) is 0 Å². The smallest absolute Gasteiger partial charge is 0.0900 e. The molecule has 0 aromatic heterocycles. The first-order chi connectivity index (χ1) is 6.77. The average molecular weight is 203 g/mol. The molecule has 1 unspecified atom stereocenters. The standard InChI is InChI=1S/C10H21NO3/c1-13-6-5-11(9-3-4-9)7-10(12)8-14-2/h9-10,12H,3-8H2,1-2H3. The van der Waals surface area contributed by atoms with Crippen LogP contribution in [0.2, 0.25) is 0 Å². The number of ether oxygens (including phenoxy) is 2. The molecule has 1 saturated carbocycles. The zero-order valence-corrected chi connectivity index (χ0v) is 9.11. The highest BCUT2D eigenvalue weighted by Crippen LogP contribution is 2.26. The minimum Gasteiger partial charge on any atom is -0.389 e. The van der Waals surface area contributed by atoms with Crippen LogP contribution in [-0.4, -0.2) is 62.7 Å². The molecule has 0 radical (unpaired) electrons. The van der Waals surface area contributed by atoms with Crippen LogP contribution in [0.5, 0.6) is 0 Å². The fourth-order valence-electron chi connectivity index (χ4n) is 1.59. The van der Waals surface area contributed by atoms with Gasteiger partial charge in [0.15, 0.2) is 0 Å². The first kappa shape index (κ1) is 11.9. The lowest BCUT2D eigenvalue weighted by atomic mass is 10.3. The van der Waals surface area contributed by atoms with E-state index in [-0.39, 0.29) is 6.10 Å². The number of rotatable bonds is 8. The summed E-state index contributed by atoms with van der Waals surface area (Å²) in [6.45, 7) is 2.75. The summed E-state index contributed by atoms with van der Waals surface area (Å²) in [5.41, 5.74) is 0. The van der Waals surface area contributed by atoms with E-state index in [0.717, 1.165) is 13.2 Å². The summed E-state index contributed by atoms with van der Waals surface area (Å²) >= 11 is 0. The fourth-order valence-corrected chi connectivity index (χ4v) is 1.59. The first-order valence-electron chi connectivity index (χ1n) is 5.18. The zero-order chi connectivity index (χ0) is 10.4. The summed E-state index contributed by atoms with van der Waals surface area (Å²) in [4.78, 5) is 2.28. The summed E-state index contributed by atoms with van der Waals surface area (Å²) in [6.07, 6.45) is 2.13. The SMILES string of the molecule is COCCN(CC(O)COC)C1CC1. The number of nitrogens with zero attached hydrogens (tertiary/aromatic N) is 1. The minimum absolute atomic E-state index is 0.377. The molecule has 0 spiro atoms. The van der Waals surface area contributed by atoms with E-state index in [1.165, 1.54) is 12.8 Å². The molecule has 0 amide bonds. The van der Waals surface area contributed by atoms with Crippen molar-refractivity contribution in [1.82, 2.24) is 4.90 Å². The van der Waals surface area contributed by atoms with Crippen LogP contribution in [0, 0.1) is 0 Å². The van der Waals surface area contributed by atoms with Crippen molar-refractivity contribution in [3.05, 3.63) is 0 Å². The highest BCUT2D eigenvalue weighted by Gasteiger charge is 2.29. The van der Waals surface area contributed by atoms with Crippen molar-refractivity contribution in [3.8, 4) is 0 Å². The topological polar surface area (TPSA) is 41.9 Å². The summed E-state index contributed by atoms with van der Waals surface area (Å²) in [5.74, 6) is 0. The second-order valence-corrected chi connectivity index (χ2v) is 3.83. The van der Waals surface area contributed by atoms with Gasteiger partial charge in [-0.25, -0.2) is 0 Å². The molecule has 1 rings (SSSR count). The van der Waals surface area contributed by atoms with E-state index in [9.17, 15) is 5.11 Å². The Morgan fingerprint density at radius 1 is 1.36 bits per heavy atom. The maximum atomic E-state index is 9.59. The van der Waals surface area contributed by atoms with Crippen LogP contribution in [0.3, 0.4) is 0 Å². The summed E-state index contributed by atoms with van der Waals surface area (Å²) in [6, 6.07) is 0.664. The van der Waals surface area contributed by atoms with Gasteiger partial charge in [0.2, 0.25) is 0 Å². The Kier molecular flexibility index (Phi) is 5.40. The quantitative estimate of drug-likeness (QED) is 0.608. The molecule has 84 valence electrons. The molecule has 0 aliphatic heterocycles. The molecule has 4 heteroatoms. The minimum atomic E-state index is -0.377. The molecular weight excluding hydrogens is 182 g/mol. The second kappa shape index (κ2) is 6.35. The Hall–Kier alpha value is -0.160. The first-order valence-corrected chi connectivity index (χ1v) is 5.18. The van der Waals surface area contributed by atoms with Gasteiger partial charge >= 0.3 is 0 Å². The molecule has 1 N–H and O–H groups in total. The molecule has 0 aromatic rings. The van der Waals surface area contributed by atoms with E-state index in [2.05, 4.69) is 4.90 Å². The lowest BCUT2D eigenvalue weighted by molar-refractivity contribution is 0.0292. The Morgan fingerprint density at radius 2 is 2.07 bits per heavy atom. The monoisotopic (exact) mass is 203 g/mol. The Labute approximate surface area is 85.8 Å². The molecule has 0 heterocycles. The molecule has 4 nitrogen and oxygen atoms in total. The fraction of sp³-hybridized carbons (Fsp3) is 1.00. The van der Waals surface area contributed by atoms with Gasteiger partial charge in [0.05, 0.1) is 19.3 Å². The van der Waals surface area contributed by atoms with Crippen LogP contribution in [0.15, 0.2) is 0 Å². The van der Waals surface area contributed by atoms with Crippen molar-refractivity contribution in [1.29, 1.82) is 0 Å². The third-order valence-corrected chi connectivity index (χ3v) is 2.45. The number of aliphatic hydroxyl groups excluding tert-OH is 1. The van der Waals surface area contributed by atoms with Crippen LogP contribution in [0.4, 0.5) is 0 Å². The van der Waals surface area contributed by atoms with Crippen molar-refractivity contribution in [3.63, 3.8) is 0 Å². The van der Waals surface area contributed by atoms with Crippen LogP contribution in [0.25, 0.3) is 0 Å². The van der Waals surface area contributed by atoms with Gasteiger partial charge in [0, 0.05) is 33.4 Å². The van der Waals surface area contributed by atoms with Crippen molar-refractivity contribution in [2.75, 3.05) is 40.5 Å². The van der Waals surface area contributed by atoms with Crippen molar-refractivity contribution < 1.29 is 14.6 Å². The van der Waals surface area contributed by atoms with Gasteiger partial charge in [-0.3, -0.25) is 4.90 Å². The average Bonchev–Trinajstić information content (AvgIpc) is 2.95. The third kappa shape index (κ3) is 4.37. The molecule has 0 bridgehead atoms. The normalized spacial score (nSPS) is 18.9. The lowest BCUT2D eigenvalue weighted by Gasteiger charge is -2.24. The van der Waals surface area contributed by atoms with E-state index in [1.54, 1.807) is 14.2 Å². The van der Waals surface area contributed by atoms with Crippen molar-refractivity contribution in [2.45, 2.75) is 25.0 Å². The molecule has 1 fully saturated rings. The highest BCUT2D eigenvalue weighted by molar-refractivity contribution is 4.85. The molecule has 14 heavy (non-hydrogen) atoms. The Morgan fingerprint density at radius 3 is 2.57 bits per heavy atom. The highest BCUT2D eigenvalue weighted by atomic mass is 16.5. The van der Waals surface area contributed by atoms with E-state index in [4.69, 9.17) is 9.47 Å². The third-order valence-electron chi connectivity index (χ3n) is 2.45. The number of hydrogen-bond donors (Lipinski definition) is 1. The van der Waals surface area contributed by atoms with E-state index in [1.807, 2.05) is 0 Å². The van der Waals surface area contributed by atoms with Gasteiger partial charge in [0.25, 0.3) is 0 Å². The summed E-state index contributed by atoms with van der Waals surface area (Å²) < 4.78 is 9.94. The number of hydrogen-bond acceptors (Lipinski definition) is 4. The van der Waals surface area contributed by atoms with Crippen LogP contribution in [0.1, 0.15) is 12.8 Å². The van der Waals surface area contributed by atoms with E-state index >= 15 is 0 Å². The predicted molar refractivity (Wildman–Crippen MR) is 54.4 cm³/mol. The lowest BCUT2D eigenvalue weighted by Crippen LogP contribution is -2.38. The van der Waals surface area contributed by atoms with Gasteiger partial charge < -0.3 is 14.6 Å². The zero-order valence-electron chi connectivity index (χ0n) is 9.11. The molecule has 1 atom stereocenters. The molecular formula is C10H21NO3. The van der Waals surface area contributed by atoms with Crippen LogP contribution < -0.4 is 0 Å². The molecule has 1 aliphatic carbocycles. The van der Waals surface area contributed by atoms with Gasteiger partial charge in [0.1, 0.15) is 0 Å². The summed E-state index contributed by atoms with van der Waals surface area (Å²) in [5, 5.41) is 9.59. The molecule has 0 saturated heterocycles. The Bertz CT molecular complexity index is 150. The maximum Gasteiger partial charge on any atom is 0.0900 e. The Balaban J connectivity index is 2.20. The number of aliphatic hydroxyl groups is 1. The van der Waals surface area contributed by atoms with Gasteiger partial charge in [-0.2, -0.15) is 0 Å².